The molecule has 0 radical (unpaired) electrons. The maximum absolute atomic E-state index is 12.5. The zero-order valence-electron chi connectivity index (χ0n) is 10.9. The van der Waals surface area contributed by atoms with Gasteiger partial charge in [0.05, 0.1) is 0 Å². The highest BCUT2D eigenvalue weighted by Crippen LogP contribution is 2.50. The van der Waals surface area contributed by atoms with Crippen LogP contribution in [0.4, 0.5) is 0 Å². The molecule has 3 aliphatic rings. The summed E-state index contributed by atoms with van der Waals surface area (Å²) in [5, 5.41) is 0. The summed E-state index contributed by atoms with van der Waals surface area (Å²) in [6.45, 7) is 1.84. The molecule has 2 aromatic carbocycles. The Labute approximate surface area is 116 Å². The molecule has 0 unspecified atom stereocenters. The van der Waals surface area contributed by atoms with E-state index in [1.807, 2.05) is 55.5 Å². The van der Waals surface area contributed by atoms with E-state index in [1.165, 1.54) is 0 Å². The van der Waals surface area contributed by atoms with Gasteiger partial charge in [-0.3, -0.25) is 9.59 Å². The quantitative estimate of drug-likeness (QED) is 0.542. The number of hydrogen-bond donors (Lipinski definition) is 0. The molecule has 1 aliphatic carbocycles. The minimum Gasteiger partial charge on any atom is -0.392 e. The van der Waals surface area contributed by atoms with Gasteiger partial charge in [-0.05, 0) is 29.2 Å². The van der Waals surface area contributed by atoms with E-state index in [2.05, 4.69) is 0 Å². The molecule has 2 heterocycles. The van der Waals surface area contributed by atoms with Crippen LogP contribution in [0.2, 0.25) is 0 Å². The Bertz CT molecular complexity index is 713. The molecular weight excluding hydrogens is 252 g/mol. The second-order valence-corrected chi connectivity index (χ2v) is 5.44. The third-order valence-electron chi connectivity index (χ3n) is 4.46. The van der Waals surface area contributed by atoms with Crippen molar-refractivity contribution >= 4 is 11.9 Å². The van der Waals surface area contributed by atoms with E-state index in [-0.39, 0.29) is 0 Å². The van der Waals surface area contributed by atoms with Crippen molar-refractivity contribution in [3.8, 4) is 0 Å². The van der Waals surface area contributed by atoms with Gasteiger partial charge in [0.2, 0.25) is 0 Å². The van der Waals surface area contributed by atoms with Crippen LogP contribution in [-0.2, 0) is 19.7 Å². The summed E-state index contributed by atoms with van der Waals surface area (Å²) >= 11 is 0. The molecule has 0 saturated carbocycles. The zero-order valence-corrected chi connectivity index (χ0v) is 10.9. The molecule has 3 nitrogen and oxygen atoms in total. The van der Waals surface area contributed by atoms with Crippen LogP contribution >= 0.6 is 0 Å². The second kappa shape index (κ2) is 3.57. The fourth-order valence-electron chi connectivity index (χ4n) is 3.45. The predicted molar refractivity (Wildman–Crippen MR) is 72.3 cm³/mol. The summed E-state index contributed by atoms with van der Waals surface area (Å²) in [6, 6.07) is 15.2. The molecular formula is C17H12O3. The van der Waals surface area contributed by atoms with E-state index < -0.39 is 23.3 Å². The molecule has 0 aromatic heterocycles. The van der Waals surface area contributed by atoms with Gasteiger partial charge in [0.25, 0.3) is 0 Å². The number of ether oxygens (including phenoxy) is 1. The smallest absolute Gasteiger partial charge is 0.328 e. The van der Waals surface area contributed by atoms with Crippen molar-refractivity contribution in [3.05, 3.63) is 70.8 Å². The Hall–Kier alpha value is -2.42. The Balaban J connectivity index is 2.19. The normalized spacial score (nSPS) is 26.6. The van der Waals surface area contributed by atoms with Crippen LogP contribution in [0.25, 0.3) is 0 Å². The van der Waals surface area contributed by atoms with Gasteiger partial charge >= 0.3 is 11.9 Å². The van der Waals surface area contributed by atoms with E-state index in [4.69, 9.17) is 4.74 Å². The number of fused-ring (bicyclic) bond motifs is 2. The highest BCUT2D eigenvalue weighted by atomic mass is 16.6. The number of benzene rings is 2. The van der Waals surface area contributed by atoms with Gasteiger partial charge in [-0.1, -0.05) is 48.5 Å². The van der Waals surface area contributed by atoms with Gasteiger partial charge in [0, 0.05) is 0 Å². The molecule has 98 valence electrons. The van der Waals surface area contributed by atoms with E-state index in [9.17, 15) is 9.59 Å². The van der Waals surface area contributed by atoms with Crippen LogP contribution in [-0.4, -0.2) is 11.9 Å². The maximum Gasteiger partial charge on any atom is 0.328 e. The predicted octanol–water partition coefficient (Wildman–Crippen LogP) is 2.52. The summed E-state index contributed by atoms with van der Waals surface area (Å²) < 4.78 is 5.09. The summed E-state index contributed by atoms with van der Waals surface area (Å²) in [5.74, 6) is -1.46. The van der Waals surface area contributed by atoms with E-state index in [1.54, 1.807) is 0 Å². The number of carbonyl (C=O) groups excluding carboxylic acids is 2. The van der Waals surface area contributed by atoms with Crippen molar-refractivity contribution in [3.63, 3.8) is 0 Å². The third-order valence-corrected chi connectivity index (χ3v) is 4.46. The Morgan fingerprint density at radius 2 is 1.40 bits per heavy atom. The molecule has 2 aromatic rings. The molecule has 20 heavy (non-hydrogen) atoms. The molecule has 0 fully saturated rings. The van der Waals surface area contributed by atoms with Crippen molar-refractivity contribution in [1.82, 2.24) is 0 Å². The fourth-order valence-corrected chi connectivity index (χ4v) is 3.45. The summed E-state index contributed by atoms with van der Waals surface area (Å²) in [6.07, 6.45) is 0. The zero-order chi connectivity index (χ0) is 13.9. The molecule has 2 aliphatic heterocycles. The average molecular weight is 264 g/mol. The summed E-state index contributed by atoms with van der Waals surface area (Å²) in [4.78, 5) is 24.8. The van der Waals surface area contributed by atoms with Crippen molar-refractivity contribution in [2.24, 2.45) is 0 Å². The average Bonchev–Trinajstić information content (AvgIpc) is 2.60. The Morgan fingerprint density at radius 1 is 0.900 bits per heavy atom. The summed E-state index contributed by atoms with van der Waals surface area (Å²) in [5.41, 5.74) is 2.60. The maximum atomic E-state index is 12.5. The van der Waals surface area contributed by atoms with Gasteiger partial charge < -0.3 is 4.74 Å². The molecule has 0 amide bonds. The lowest BCUT2D eigenvalue weighted by atomic mass is 9.65. The molecule has 0 saturated heterocycles. The molecule has 0 atom stereocenters. The lowest BCUT2D eigenvalue weighted by Gasteiger charge is -2.34. The van der Waals surface area contributed by atoms with Gasteiger partial charge in [0.1, 0.15) is 11.3 Å². The first-order chi connectivity index (χ1) is 9.64. The second-order valence-electron chi connectivity index (χ2n) is 5.44. The topological polar surface area (TPSA) is 43.4 Å². The Kier molecular flexibility index (Phi) is 2.04. The van der Waals surface area contributed by atoms with E-state index >= 15 is 0 Å². The third kappa shape index (κ3) is 1.15. The van der Waals surface area contributed by atoms with Crippen LogP contribution in [0.5, 0.6) is 0 Å². The largest absolute Gasteiger partial charge is 0.392 e. The van der Waals surface area contributed by atoms with E-state index in [0.717, 1.165) is 22.3 Å². The summed E-state index contributed by atoms with van der Waals surface area (Å²) in [7, 11) is 0. The molecule has 0 spiro atoms. The van der Waals surface area contributed by atoms with Gasteiger partial charge in [0.15, 0.2) is 0 Å². The van der Waals surface area contributed by atoms with Gasteiger partial charge in [-0.25, -0.2) is 0 Å². The van der Waals surface area contributed by atoms with Crippen molar-refractivity contribution in [1.29, 1.82) is 0 Å². The standard InChI is InChI=1S/C17H12O3/c1-17-12-8-4-2-6-10(12)14(15(18)20-16(17)19)11-7-3-5-9-13(11)17/h2-9,14H,1H3. The molecule has 3 heteroatoms. The lowest BCUT2D eigenvalue weighted by molar-refractivity contribution is -0.161. The number of esters is 2. The monoisotopic (exact) mass is 264 g/mol. The first kappa shape index (κ1) is 11.4. The Morgan fingerprint density at radius 3 is 1.95 bits per heavy atom. The first-order valence-corrected chi connectivity index (χ1v) is 6.59. The molecule has 0 N–H and O–H groups in total. The minimum atomic E-state index is -0.907. The lowest BCUT2D eigenvalue weighted by Crippen LogP contribution is -2.36. The highest BCUT2D eigenvalue weighted by Gasteiger charge is 2.53. The molecule has 5 rings (SSSR count). The minimum absolute atomic E-state index is 0.476. The number of carbonyl (C=O) groups is 2. The van der Waals surface area contributed by atoms with E-state index in [0.29, 0.717) is 0 Å². The first-order valence-electron chi connectivity index (χ1n) is 6.59. The number of rotatable bonds is 0. The highest BCUT2D eigenvalue weighted by molar-refractivity contribution is 6.03. The van der Waals surface area contributed by atoms with Crippen molar-refractivity contribution in [2.45, 2.75) is 18.3 Å². The number of hydrogen-bond acceptors (Lipinski definition) is 3. The fraction of sp³-hybridized carbons (Fsp3) is 0.176. The van der Waals surface area contributed by atoms with Crippen LogP contribution in [0, 0.1) is 0 Å². The van der Waals surface area contributed by atoms with Crippen LogP contribution in [0.15, 0.2) is 48.5 Å². The SMILES string of the molecule is CC12C(=O)OC(=O)C(c3ccccc31)c1ccccc12. The van der Waals surface area contributed by atoms with Crippen molar-refractivity contribution < 1.29 is 14.3 Å². The van der Waals surface area contributed by atoms with Crippen LogP contribution < -0.4 is 0 Å². The van der Waals surface area contributed by atoms with Crippen LogP contribution in [0.3, 0.4) is 0 Å². The van der Waals surface area contributed by atoms with Crippen molar-refractivity contribution in [2.75, 3.05) is 0 Å². The molecule has 2 bridgehead atoms. The van der Waals surface area contributed by atoms with Crippen LogP contribution in [0.1, 0.15) is 35.1 Å². The van der Waals surface area contributed by atoms with Gasteiger partial charge in [-0.2, -0.15) is 0 Å². The van der Waals surface area contributed by atoms with Gasteiger partial charge in [-0.15, -0.1) is 0 Å².